The Balaban J connectivity index is 1.76. The van der Waals surface area contributed by atoms with Crippen molar-refractivity contribution in [3.8, 4) is 10.6 Å². The molecule has 22 heavy (non-hydrogen) atoms. The van der Waals surface area contributed by atoms with Gasteiger partial charge >= 0.3 is 5.97 Å². The molecule has 0 spiro atoms. The van der Waals surface area contributed by atoms with Crippen LogP contribution >= 0.6 is 23.1 Å². The second-order valence-corrected chi connectivity index (χ2v) is 6.32. The Bertz CT molecular complexity index is 631. The lowest BCUT2D eigenvalue weighted by Crippen LogP contribution is -2.27. The zero-order valence-electron chi connectivity index (χ0n) is 11.7. The monoisotopic (exact) mass is 337 g/mol. The number of thioether (sulfide) groups is 1. The number of nitrogens with zero attached hydrogens (tertiary/aromatic N) is 2. The van der Waals surface area contributed by atoms with Gasteiger partial charge in [0.2, 0.25) is 5.91 Å². The van der Waals surface area contributed by atoms with E-state index in [9.17, 15) is 9.59 Å². The van der Waals surface area contributed by atoms with Gasteiger partial charge in [-0.1, -0.05) is 0 Å². The van der Waals surface area contributed by atoms with E-state index in [1.54, 1.807) is 12.4 Å². The molecule has 2 rings (SSSR count). The quantitative estimate of drug-likeness (QED) is 0.712. The van der Waals surface area contributed by atoms with Crippen LogP contribution in [-0.2, 0) is 16.0 Å². The fourth-order valence-electron chi connectivity index (χ4n) is 1.66. The van der Waals surface area contributed by atoms with Gasteiger partial charge in [-0.2, -0.15) is 0 Å². The van der Waals surface area contributed by atoms with Crippen molar-refractivity contribution in [3.63, 3.8) is 0 Å². The summed E-state index contributed by atoms with van der Waals surface area (Å²) in [5, 5.41) is 13.9. The summed E-state index contributed by atoms with van der Waals surface area (Å²) < 4.78 is 0. The molecule has 0 aliphatic heterocycles. The molecule has 0 radical (unpaired) electrons. The Labute approximate surface area is 136 Å². The summed E-state index contributed by atoms with van der Waals surface area (Å²) in [5.41, 5.74) is 1.66. The number of nitrogens with one attached hydrogen (secondary N) is 1. The minimum Gasteiger partial charge on any atom is -0.481 e. The first-order chi connectivity index (χ1) is 10.6. The molecule has 0 fully saturated rings. The number of rotatable bonds is 8. The number of carboxylic acid groups (broad SMARTS) is 1. The first-order valence-electron chi connectivity index (χ1n) is 6.56. The fraction of sp³-hybridized carbons (Fsp3) is 0.286. The lowest BCUT2D eigenvalue weighted by atomic mass is 10.3. The van der Waals surface area contributed by atoms with Gasteiger partial charge in [-0.25, -0.2) is 4.98 Å². The molecule has 1 amide bonds. The molecule has 2 N–H and O–H groups in total. The minimum absolute atomic E-state index is 0.0520. The number of pyridine rings is 1. The van der Waals surface area contributed by atoms with Crippen molar-refractivity contribution in [3.05, 3.63) is 35.6 Å². The predicted octanol–water partition coefficient (Wildman–Crippen LogP) is 1.68. The number of carbonyl (C=O) groups excluding carboxylic acids is 1. The molecule has 0 saturated carbocycles. The third-order valence-corrected chi connectivity index (χ3v) is 4.48. The van der Waals surface area contributed by atoms with Crippen LogP contribution in [0.1, 0.15) is 5.69 Å². The highest BCUT2D eigenvalue weighted by molar-refractivity contribution is 7.99. The third kappa shape index (κ3) is 5.45. The first-order valence-corrected chi connectivity index (χ1v) is 8.59. The van der Waals surface area contributed by atoms with Gasteiger partial charge in [-0.15, -0.1) is 23.1 Å². The summed E-state index contributed by atoms with van der Waals surface area (Å²) in [4.78, 5) is 30.6. The van der Waals surface area contributed by atoms with E-state index in [4.69, 9.17) is 5.11 Å². The lowest BCUT2D eigenvalue weighted by molar-refractivity contribution is -0.133. The number of carboxylic acids is 1. The maximum atomic E-state index is 11.8. The molecule has 8 heteroatoms. The zero-order valence-corrected chi connectivity index (χ0v) is 13.3. The van der Waals surface area contributed by atoms with Crippen molar-refractivity contribution < 1.29 is 14.7 Å². The Morgan fingerprint density at radius 2 is 2.27 bits per heavy atom. The molecule has 2 aromatic rings. The number of hydrogen-bond donors (Lipinski definition) is 2. The predicted molar refractivity (Wildman–Crippen MR) is 87.0 cm³/mol. The molecule has 0 aliphatic carbocycles. The van der Waals surface area contributed by atoms with Gasteiger partial charge in [0, 0.05) is 35.6 Å². The zero-order chi connectivity index (χ0) is 15.8. The van der Waals surface area contributed by atoms with Crippen LogP contribution in [-0.4, -0.2) is 45.0 Å². The van der Waals surface area contributed by atoms with E-state index in [0.717, 1.165) is 16.3 Å². The van der Waals surface area contributed by atoms with Gasteiger partial charge in [-0.05, 0) is 12.1 Å². The molecule has 2 heterocycles. The topological polar surface area (TPSA) is 92.2 Å². The Morgan fingerprint density at radius 3 is 3.00 bits per heavy atom. The normalized spacial score (nSPS) is 10.4. The highest BCUT2D eigenvalue weighted by Crippen LogP contribution is 2.22. The first kappa shape index (κ1) is 16.4. The standard InChI is InChI=1S/C14H15N3O3S2/c18-12(16-4-5-21-9-13(19)20)6-11-8-22-14(17-11)10-2-1-3-15-7-10/h1-3,7-8H,4-6,9H2,(H,16,18)(H,19,20). The summed E-state index contributed by atoms with van der Waals surface area (Å²) in [6, 6.07) is 3.77. The maximum Gasteiger partial charge on any atom is 0.313 e. The lowest BCUT2D eigenvalue weighted by Gasteiger charge is -2.02. The number of hydrogen-bond acceptors (Lipinski definition) is 6. The van der Waals surface area contributed by atoms with Crippen LogP contribution in [0.4, 0.5) is 0 Å². The molecule has 6 nitrogen and oxygen atoms in total. The van der Waals surface area contributed by atoms with E-state index in [-0.39, 0.29) is 18.1 Å². The second-order valence-electron chi connectivity index (χ2n) is 4.36. The smallest absolute Gasteiger partial charge is 0.313 e. The minimum atomic E-state index is -0.846. The highest BCUT2D eigenvalue weighted by Gasteiger charge is 2.09. The van der Waals surface area contributed by atoms with Crippen LogP contribution in [0.2, 0.25) is 0 Å². The summed E-state index contributed by atoms with van der Waals surface area (Å²) in [6.07, 6.45) is 3.66. The van der Waals surface area contributed by atoms with Crippen LogP contribution in [0.5, 0.6) is 0 Å². The van der Waals surface area contributed by atoms with Crippen molar-refractivity contribution in [1.82, 2.24) is 15.3 Å². The maximum absolute atomic E-state index is 11.8. The van der Waals surface area contributed by atoms with Gasteiger partial charge in [-0.3, -0.25) is 14.6 Å². The summed E-state index contributed by atoms with van der Waals surface area (Å²) in [7, 11) is 0. The van der Waals surface area contributed by atoms with Crippen molar-refractivity contribution in [2.24, 2.45) is 0 Å². The number of aromatic nitrogens is 2. The highest BCUT2D eigenvalue weighted by atomic mass is 32.2. The Morgan fingerprint density at radius 1 is 1.41 bits per heavy atom. The van der Waals surface area contributed by atoms with E-state index < -0.39 is 5.97 Å². The Kier molecular flexibility index (Phi) is 6.35. The molecule has 0 aliphatic rings. The molecule has 0 atom stereocenters. The number of amides is 1. The van der Waals surface area contributed by atoms with E-state index >= 15 is 0 Å². The third-order valence-electron chi connectivity index (χ3n) is 2.60. The van der Waals surface area contributed by atoms with Gasteiger partial charge in [0.05, 0.1) is 17.9 Å². The van der Waals surface area contributed by atoms with E-state index in [0.29, 0.717) is 12.3 Å². The van der Waals surface area contributed by atoms with E-state index in [2.05, 4.69) is 15.3 Å². The van der Waals surface area contributed by atoms with Crippen LogP contribution in [0.15, 0.2) is 29.9 Å². The molecule has 116 valence electrons. The molecule has 0 saturated heterocycles. The van der Waals surface area contributed by atoms with Gasteiger partial charge in [0.25, 0.3) is 0 Å². The van der Waals surface area contributed by atoms with Crippen LogP contribution < -0.4 is 5.32 Å². The van der Waals surface area contributed by atoms with Gasteiger partial charge < -0.3 is 10.4 Å². The average molecular weight is 337 g/mol. The second kappa shape index (κ2) is 8.50. The molecular weight excluding hydrogens is 322 g/mol. The molecule has 2 aromatic heterocycles. The summed E-state index contributed by atoms with van der Waals surface area (Å²) in [6.45, 7) is 0.455. The number of carbonyl (C=O) groups is 2. The molecule has 0 bridgehead atoms. The van der Waals surface area contributed by atoms with Crippen molar-refractivity contribution >= 4 is 35.0 Å². The Hall–Kier alpha value is -1.93. The summed E-state index contributed by atoms with van der Waals surface area (Å²) >= 11 is 2.76. The fourth-order valence-corrected chi connectivity index (χ4v) is 3.03. The van der Waals surface area contributed by atoms with Crippen LogP contribution in [0.25, 0.3) is 10.6 Å². The van der Waals surface area contributed by atoms with Gasteiger partial charge in [0.1, 0.15) is 5.01 Å². The SMILES string of the molecule is O=C(O)CSCCNC(=O)Cc1csc(-c2cccnc2)n1. The van der Waals surface area contributed by atoms with Crippen LogP contribution in [0.3, 0.4) is 0 Å². The number of thiazole rings is 1. The van der Waals surface area contributed by atoms with Gasteiger partial charge in [0.15, 0.2) is 0 Å². The largest absolute Gasteiger partial charge is 0.481 e. The summed E-state index contributed by atoms with van der Waals surface area (Å²) in [5.74, 6) is -0.326. The average Bonchev–Trinajstić information content (AvgIpc) is 2.96. The van der Waals surface area contributed by atoms with Crippen LogP contribution in [0, 0.1) is 0 Å². The van der Waals surface area contributed by atoms with Crippen molar-refractivity contribution in [1.29, 1.82) is 0 Å². The van der Waals surface area contributed by atoms with E-state index in [1.165, 1.54) is 23.1 Å². The molecular formula is C14H15N3O3S2. The van der Waals surface area contributed by atoms with Crippen molar-refractivity contribution in [2.75, 3.05) is 18.1 Å². The van der Waals surface area contributed by atoms with E-state index in [1.807, 2.05) is 17.5 Å². The van der Waals surface area contributed by atoms with Crippen molar-refractivity contribution in [2.45, 2.75) is 6.42 Å². The molecule has 0 unspecified atom stereocenters. The number of aliphatic carboxylic acids is 1. The molecule has 0 aromatic carbocycles.